The van der Waals surface area contributed by atoms with Gasteiger partial charge in [-0.25, -0.2) is 0 Å². The Bertz CT molecular complexity index is 846. The molecule has 4 heterocycles. The number of cyclic esters (lactones) is 1. The van der Waals surface area contributed by atoms with E-state index in [0.29, 0.717) is 19.7 Å². The van der Waals surface area contributed by atoms with Crippen LogP contribution in [0.5, 0.6) is 0 Å². The average molecular weight is 525 g/mol. The highest BCUT2D eigenvalue weighted by atomic mass is 16.6. The highest BCUT2D eigenvalue weighted by Gasteiger charge is 2.24. The monoisotopic (exact) mass is 524 g/mol. The normalized spacial score (nSPS) is 14.1. The first-order valence-electron chi connectivity index (χ1n) is 11.7. The molecule has 3 aromatic rings. The van der Waals surface area contributed by atoms with Gasteiger partial charge in [0.1, 0.15) is 6.61 Å². The zero-order valence-electron chi connectivity index (χ0n) is 22.3. The van der Waals surface area contributed by atoms with Crippen molar-refractivity contribution in [1.29, 1.82) is 0 Å². The maximum absolute atomic E-state index is 10.4. The lowest BCUT2D eigenvalue weighted by atomic mass is 10.1. The van der Waals surface area contributed by atoms with Crippen LogP contribution in [0.2, 0.25) is 0 Å². The highest BCUT2D eigenvalue weighted by Crippen LogP contribution is 2.08. The minimum atomic E-state index is -0.791. The molecule has 208 valence electrons. The van der Waals surface area contributed by atoms with E-state index in [9.17, 15) is 14.4 Å². The topological polar surface area (TPSA) is 185 Å². The number of carboxylic acid groups (broad SMARTS) is 2. The van der Waals surface area contributed by atoms with Crippen LogP contribution in [-0.4, -0.2) is 76.7 Å². The molecular formula is C24H40N6O7. The van der Waals surface area contributed by atoms with Gasteiger partial charge in [-0.2, -0.15) is 15.3 Å². The molecule has 1 fully saturated rings. The van der Waals surface area contributed by atoms with Crippen LogP contribution >= 0.6 is 0 Å². The number of carbonyl (C=O) groups is 3. The summed E-state index contributed by atoms with van der Waals surface area (Å²) in [6.45, 7) is 10.7. The van der Waals surface area contributed by atoms with E-state index in [1.807, 2.05) is 26.8 Å². The molecule has 13 nitrogen and oxygen atoms in total. The molecule has 0 bridgehead atoms. The van der Waals surface area contributed by atoms with Gasteiger partial charge in [0.05, 0.1) is 30.8 Å². The molecule has 3 aromatic heterocycles. The molecule has 0 amide bonds. The zero-order valence-corrected chi connectivity index (χ0v) is 22.3. The van der Waals surface area contributed by atoms with Gasteiger partial charge in [-0.3, -0.25) is 28.8 Å². The lowest BCUT2D eigenvalue weighted by Crippen LogP contribution is -2.31. The first kappa shape index (κ1) is 35.2. The Morgan fingerprint density at radius 3 is 1.57 bits per heavy atom. The van der Waals surface area contributed by atoms with E-state index in [2.05, 4.69) is 25.1 Å². The van der Waals surface area contributed by atoms with Crippen molar-refractivity contribution >= 4 is 17.9 Å². The summed E-state index contributed by atoms with van der Waals surface area (Å²) in [5, 5.41) is 38.1. The number of hydrogen-bond donors (Lipinski definition) is 4. The number of nitrogens with one attached hydrogen (secondary N) is 1. The Morgan fingerprint density at radius 2 is 1.41 bits per heavy atom. The number of esters is 1. The minimum Gasteiger partial charge on any atom is -0.481 e. The highest BCUT2D eigenvalue weighted by molar-refractivity contribution is 5.76. The second-order valence-corrected chi connectivity index (χ2v) is 7.23. The van der Waals surface area contributed by atoms with Gasteiger partial charge in [-0.05, 0) is 25.1 Å². The summed E-state index contributed by atoms with van der Waals surface area (Å²) in [6, 6.07) is 5.38. The predicted octanol–water partition coefficient (Wildman–Crippen LogP) is 2.43. The van der Waals surface area contributed by atoms with E-state index in [-0.39, 0.29) is 23.7 Å². The largest absolute Gasteiger partial charge is 0.481 e. The molecule has 4 rings (SSSR count). The Balaban J connectivity index is 0. The molecule has 1 aliphatic heterocycles. The number of rotatable bonds is 6. The van der Waals surface area contributed by atoms with E-state index in [1.165, 1.54) is 0 Å². The molecular weight excluding hydrogens is 484 g/mol. The molecule has 0 saturated carbocycles. The summed E-state index contributed by atoms with van der Waals surface area (Å²) in [5.74, 6) is -2.23. The van der Waals surface area contributed by atoms with Crippen molar-refractivity contribution in [2.45, 2.75) is 47.7 Å². The third-order valence-corrected chi connectivity index (χ3v) is 4.17. The van der Waals surface area contributed by atoms with Crippen molar-refractivity contribution in [3.05, 3.63) is 55.4 Å². The standard InChI is InChI=1S/2C7H10N2O2.C4H6O2.C3H4N2.C2H6.CH4O/c2*1-6(7(10)11)5-9-4-2-3-8-9;1-3-2-6-4(3)5;1-2-4-5-3-1;2*1-2/h2*2-4,6H,5H2,1H3,(H,10,11);3H,2H2,1H3;1-3H,(H,4,5);1-2H3;2H,1H3/t2*6-;3-;;;/m000.../s1. The Labute approximate surface area is 217 Å². The summed E-state index contributed by atoms with van der Waals surface area (Å²) >= 11 is 0. The van der Waals surface area contributed by atoms with Crippen molar-refractivity contribution in [1.82, 2.24) is 29.8 Å². The number of aliphatic carboxylic acids is 2. The Hall–Kier alpha value is -4.00. The molecule has 1 aliphatic rings. The van der Waals surface area contributed by atoms with Gasteiger partial charge in [0.25, 0.3) is 0 Å². The van der Waals surface area contributed by atoms with E-state index < -0.39 is 11.9 Å². The van der Waals surface area contributed by atoms with Gasteiger partial charge in [0.2, 0.25) is 0 Å². The average Bonchev–Trinajstić information content (AvgIpc) is 3.72. The number of nitrogens with zero attached hydrogens (tertiary/aromatic N) is 5. The number of hydrogen-bond acceptors (Lipinski definition) is 8. The summed E-state index contributed by atoms with van der Waals surface area (Å²) in [5.41, 5.74) is 0. The quantitative estimate of drug-likeness (QED) is 0.349. The Morgan fingerprint density at radius 1 is 0.973 bits per heavy atom. The molecule has 37 heavy (non-hydrogen) atoms. The lowest BCUT2D eigenvalue weighted by Gasteiger charge is -2.19. The molecule has 0 radical (unpaired) electrons. The van der Waals surface area contributed by atoms with Crippen LogP contribution in [0.15, 0.2) is 55.4 Å². The predicted molar refractivity (Wildman–Crippen MR) is 136 cm³/mol. The number of aromatic amines is 1. The fourth-order valence-electron chi connectivity index (χ4n) is 2.07. The van der Waals surface area contributed by atoms with Crippen LogP contribution in [0.1, 0.15) is 34.6 Å². The molecule has 1 saturated heterocycles. The number of carbonyl (C=O) groups excluding carboxylic acids is 1. The van der Waals surface area contributed by atoms with E-state index >= 15 is 0 Å². The van der Waals surface area contributed by atoms with Crippen molar-refractivity contribution in [2.75, 3.05) is 13.7 Å². The zero-order chi connectivity index (χ0) is 28.6. The molecule has 0 aromatic carbocycles. The number of carboxylic acids is 2. The number of ether oxygens (including phenoxy) is 1. The number of aliphatic hydroxyl groups excluding tert-OH is 1. The molecule has 0 unspecified atom stereocenters. The molecule has 4 N–H and O–H groups in total. The maximum Gasteiger partial charge on any atom is 0.312 e. The van der Waals surface area contributed by atoms with Crippen LogP contribution in [0.3, 0.4) is 0 Å². The van der Waals surface area contributed by atoms with Gasteiger partial charge < -0.3 is 20.1 Å². The maximum atomic E-state index is 10.4. The SMILES string of the molecule is CC.CO.C[C@@H](Cn1cccn1)C(=O)O.C[C@@H](Cn1cccn1)C(=O)O.C[C@H]1COC1=O.c1cn[nH]c1. The van der Waals surface area contributed by atoms with Crippen molar-refractivity contribution < 1.29 is 34.4 Å². The Kier molecular flexibility index (Phi) is 21.3. The molecule has 3 atom stereocenters. The number of aliphatic hydroxyl groups is 1. The van der Waals surface area contributed by atoms with Gasteiger partial charge in [0, 0.05) is 44.3 Å². The summed E-state index contributed by atoms with van der Waals surface area (Å²) in [6.07, 6.45) is 10.2. The van der Waals surface area contributed by atoms with Crippen LogP contribution < -0.4 is 0 Å². The van der Waals surface area contributed by atoms with Crippen LogP contribution in [-0.2, 0) is 32.2 Å². The van der Waals surface area contributed by atoms with Crippen LogP contribution in [0.4, 0.5) is 0 Å². The van der Waals surface area contributed by atoms with E-state index in [4.69, 9.17) is 15.3 Å². The van der Waals surface area contributed by atoms with E-state index in [1.54, 1.807) is 72.5 Å². The molecule has 0 aliphatic carbocycles. The van der Waals surface area contributed by atoms with Crippen LogP contribution in [0.25, 0.3) is 0 Å². The van der Waals surface area contributed by atoms with Gasteiger partial charge in [0.15, 0.2) is 0 Å². The number of H-pyrrole nitrogens is 1. The third-order valence-electron chi connectivity index (χ3n) is 4.17. The van der Waals surface area contributed by atoms with Gasteiger partial charge in [-0.15, -0.1) is 0 Å². The fourth-order valence-corrected chi connectivity index (χ4v) is 2.07. The number of aromatic nitrogens is 6. The van der Waals surface area contributed by atoms with Gasteiger partial charge >= 0.3 is 17.9 Å². The van der Waals surface area contributed by atoms with Crippen molar-refractivity contribution in [3.8, 4) is 0 Å². The second-order valence-electron chi connectivity index (χ2n) is 7.23. The summed E-state index contributed by atoms with van der Waals surface area (Å²) in [7, 11) is 1.00. The first-order chi connectivity index (χ1) is 17.7. The van der Waals surface area contributed by atoms with Crippen molar-refractivity contribution in [2.24, 2.45) is 17.8 Å². The van der Waals surface area contributed by atoms with Crippen molar-refractivity contribution in [3.63, 3.8) is 0 Å². The minimum absolute atomic E-state index is 0.0602. The fraction of sp³-hybridized carbons (Fsp3) is 0.500. The third kappa shape index (κ3) is 18.0. The van der Waals surface area contributed by atoms with Crippen LogP contribution in [0, 0.1) is 17.8 Å². The summed E-state index contributed by atoms with van der Waals surface area (Å²) < 4.78 is 7.62. The first-order valence-corrected chi connectivity index (χ1v) is 11.7. The smallest absolute Gasteiger partial charge is 0.312 e. The molecule has 13 heteroatoms. The summed E-state index contributed by atoms with van der Waals surface area (Å²) in [4.78, 5) is 30.8. The van der Waals surface area contributed by atoms with E-state index in [0.717, 1.165) is 7.11 Å². The van der Waals surface area contributed by atoms with Gasteiger partial charge in [-0.1, -0.05) is 27.7 Å². The second kappa shape index (κ2) is 22.5. The molecule has 0 spiro atoms. The lowest BCUT2D eigenvalue weighted by molar-refractivity contribution is -0.166.